The number of amides is 1. The number of anilines is 1. The molecule has 1 amide bonds. The Kier molecular flexibility index (Phi) is 1.98. The van der Waals surface area contributed by atoms with Crippen LogP contribution in [-0.2, 0) is 4.79 Å². The van der Waals surface area contributed by atoms with Crippen molar-refractivity contribution in [1.82, 2.24) is 4.98 Å². The summed E-state index contributed by atoms with van der Waals surface area (Å²) in [6, 6.07) is 3.08. The van der Waals surface area contributed by atoms with Crippen molar-refractivity contribution < 1.29 is 14.9 Å². The molecule has 1 aromatic heterocycles. The smallest absolute Gasteiger partial charge is 0.314 e. The van der Waals surface area contributed by atoms with Gasteiger partial charge in [0.15, 0.2) is 11.1 Å². The summed E-state index contributed by atoms with van der Waals surface area (Å²) in [5.74, 6) is -0.0512. The summed E-state index contributed by atoms with van der Waals surface area (Å²) in [5.41, 5.74) is 0.650. The van der Waals surface area contributed by atoms with Crippen LogP contribution in [0, 0.1) is 10.8 Å². The van der Waals surface area contributed by atoms with Crippen molar-refractivity contribution in [2.24, 2.45) is 5.92 Å². The number of hydrogen-bond donors (Lipinski definition) is 1. The van der Waals surface area contributed by atoms with Gasteiger partial charge in [-0.05, 0) is 22.4 Å². The molecule has 3 rings (SSSR count). The van der Waals surface area contributed by atoms with Crippen molar-refractivity contribution >= 4 is 17.4 Å². The second kappa shape index (κ2) is 3.38. The Balaban J connectivity index is 1.93. The van der Waals surface area contributed by atoms with E-state index >= 15 is 0 Å². The molecule has 1 saturated heterocycles. The number of pyridine rings is 1. The molecule has 0 radical (unpaired) electrons. The minimum Gasteiger partial charge on any atom is -0.314 e. The molecule has 6 heteroatoms. The molecule has 1 aliphatic heterocycles. The van der Waals surface area contributed by atoms with E-state index in [0.29, 0.717) is 5.69 Å². The summed E-state index contributed by atoms with van der Waals surface area (Å²) in [6.45, 7) is 0. The maximum Gasteiger partial charge on any atom is 0.408 e. The van der Waals surface area contributed by atoms with Crippen molar-refractivity contribution in [2.75, 3.05) is 4.90 Å². The zero-order chi connectivity index (χ0) is 12.0. The number of aromatic nitrogens is 1. The summed E-state index contributed by atoms with van der Waals surface area (Å²) >= 11 is 0. The standard InChI is InChI=1S/C11H10N3O3/c15-11-7-1-2-8(5-7)13(11)9-3-4-10(12-6-9)14(16)17/h1-4,6-8H,5H2,(H,16,17)/q+1/t7-,8+/m1/s1. The van der Waals surface area contributed by atoms with Gasteiger partial charge in [-0.1, -0.05) is 12.2 Å². The lowest BCUT2D eigenvalue weighted by atomic mass is 10.1. The van der Waals surface area contributed by atoms with Crippen LogP contribution in [0.1, 0.15) is 6.42 Å². The number of carbonyl (C=O) groups excluding carboxylic acids is 1. The maximum atomic E-state index is 11.9. The Hall–Kier alpha value is -2.24. The van der Waals surface area contributed by atoms with Crippen LogP contribution in [-0.4, -0.2) is 27.1 Å². The molecule has 0 spiro atoms. The van der Waals surface area contributed by atoms with Gasteiger partial charge in [0.25, 0.3) is 0 Å². The molecule has 1 aliphatic carbocycles. The summed E-state index contributed by atoms with van der Waals surface area (Å²) < 4.78 is 0. The summed E-state index contributed by atoms with van der Waals surface area (Å²) in [5, 5.41) is 8.66. The highest BCUT2D eigenvalue weighted by atomic mass is 16.6. The molecule has 6 nitrogen and oxygen atoms in total. The van der Waals surface area contributed by atoms with Crippen molar-refractivity contribution in [1.29, 1.82) is 0 Å². The third-order valence-electron chi connectivity index (χ3n) is 3.15. The third-order valence-corrected chi connectivity index (χ3v) is 3.15. The molecule has 86 valence electrons. The number of hydrogen-bond acceptors (Lipinski definition) is 3. The minimum atomic E-state index is -0.304. The van der Waals surface area contributed by atoms with E-state index in [-0.39, 0.29) is 28.6 Å². The van der Waals surface area contributed by atoms with Gasteiger partial charge in [-0.15, -0.1) is 0 Å². The van der Waals surface area contributed by atoms with E-state index in [4.69, 9.17) is 5.21 Å². The molecule has 2 bridgehead atoms. The predicted molar refractivity (Wildman–Crippen MR) is 57.8 cm³/mol. The van der Waals surface area contributed by atoms with Crippen LogP contribution >= 0.6 is 0 Å². The van der Waals surface area contributed by atoms with Crippen LogP contribution in [0.25, 0.3) is 0 Å². The van der Waals surface area contributed by atoms with Gasteiger partial charge in [0.2, 0.25) is 5.91 Å². The zero-order valence-electron chi connectivity index (χ0n) is 8.85. The molecule has 0 unspecified atom stereocenters. The number of nitrogens with zero attached hydrogens (tertiary/aromatic N) is 3. The molecule has 2 atom stereocenters. The Labute approximate surface area is 96.7 Å². The SMILES string of the molecule is O=C1[C@@H]2C=C[C@@H](C2)N1c1ccc([N+](=O)O)nc1. The first kappa shape index (κ1) is 9.95. The van der Waals surface area contributed by atoms with Crippen molar-refractivity contribution in [3.05, 3.63) is 35.4 Å². The highest BCUT2D eigenvalue weighted by molar-refractivity contribution is 6.00. The van der Waals surface area contributed by atoms with Crippen LogP contribution < -0.4 is 4.90 Å². The molecule has 2 aliphatic rings. The Morgan fingerprint density at radius 3 is 2.76 bits per heavy atom. The molecular weight excluding hydrogens is 222 g/mol. The third kappa shape index (κ3) is 1.41. The lowest BCUT2D eigenvalue weighted by molar-refractivity contribution is -0.732. The monoisotopic (exact) mass is 232 g/mol. The molecule has 1 aromatic rings. The minimum absolute atomic E-state index is 0.0199. The van der Waals surface area contributed by atoms with Gasteiger partial charge < -0.3 is 10.1 Å². The Bertz CT molecular complexity index is 523. The second-order valence-corrected chi connectivity index (χ2v) is 4.15. The first-order chi connectivity index (χ1) is 8.16. The van der Waals surface area contributed by atoms with Crippen molar-refractivity contribution in [3.8, 4) is 0 Å². The first-order valence-electron chi connectivity index (χ1n) is 5.30. The van der Waals surface area contributed by atoms with Crippen LogP contribution in [0.15, 0.2) is 30.5 Å². The van der Waals surface area contributed by atoms with Gasteiger partial charge in [0, 0.05) is 6.07 Å². The maximum absolute atomic E-state index is 11.9. The topological polar surface area (TPSA) is 73.5 Å². The van der Waals surface area contributed by atoms with Gasteiger partial charge >= 0.3 is 5.82 Å². The van der Waals surface area contributed by atoms with Crippen LogP contribution in [0.3, 0.4) is 0 Å². The van der Waals surface area contributed by atoms with E-state index in [1.807, 2.05) is 12.2 Å². The molecule has 17 heavy (non-hydrogen) atoms. The molecule has 0 aromatic carbocycles. The molecule has 0 saturated carbocycles. The summed E-state index contributed by atoms with van der Waals surface area (Å²) in [4.78, 5) is 27.7. The molecule has 1 N–H and O–H groups in total. The average Bonchev–Trinajstić information content (AvgIpc) is 2.89. The van der Waals surface area contributed by atoms with Crippen molar-refractivity contribution in [2.45, 2.75) is 12.5 Å². The average molecular weight is 232 g/mol. The quantitative estimate of drug-likeness (QED) is 0.613. The fourth-order valence-electron chi connectivity index (χ4n) is 2.35. The van der Waals surface area contributed by atoms with Gasteiger partial charge in [0.1, 0.15) is 0 Å². The highest BCUT2D eigenvalue weighted by Gasteiger charge is 2.42. The van der Waals surface area contributed by atoms with Crippen molar-refractivity contribution in [3.63, 3.8) is 0 Å². The molecule has 2 heterocycles. The lowest BCUT2D eigenvalue weighted by Crippen LogP contribution is -2.34. The van der Waals surface area contributed by atoms with Gasteiger partial charge in [-0.3, -0.25) is 4.79 Å². The predicted octanol–water partition coefficient (Wildman–Crippen LogP) is 1.17. The summed E-state index contributed by atoms with van der Waals surface area (Å²) in [7, 11) is 0. The molecular formula is C11H10N3O3+. The van der Waals surface area contributed by atoms with Gasteiger partial charge in [-0.2, -0.15) is 0 Å². The van der Waals surface area contributed by atoms with Crippen LogP contribution in [0.5, 0.6) is 0 Å². The summed E-state index contributed by atoms with van der Waals surface area (Å²) in [6.07, 6.45) is 6.17. The fraction of sp³-hybridized carbons (Fsp3) is 0.273. The number of fused-ring (bicyclic) bond motifs is 2. The van der Waals surface area contributed by atoms with E-state index in [1.54, 1.807) is 11.0 Å². The highest BCUT2D eigenvalue weighted by Crippen LogP contribution is 2.36. The van der Waals surface area contributed by atoms with E-state index in [0.717, 1.165) is 6.42 Å². The number of rotatable bonds is 2. The Morgan fingerprint density at radius 1 is 1.41 bits per heavy atom. The largest absolute Gasteiger partial charge is 0.408 e. The number of carbonyl (C=O) groups is 1. The normalized spacial score (nSPS) is 25.6. The lowest BCUT2D eigenvalue weighted by Gasteiger charge is -2.22. The second-order valence-electron chi connectivity index (χ2n) is 4.15. The van der Waals surface area contributed by atoms with E-state index < -0.39 is 0 Å². The van der Waals surface area contributed by atoms with E-state index in [1.165, 1.54) is 12.3 Å². The van der Waals surface area contributed by atoms with Gasteiger partial charge in [-0.25, -0.2) is 0 Å². The first-order valence-corrected chi connectivity index (χ1v) is 5.30. The van der Waals surface area contributed by atoms with E-state index in [2.05, 4.69) is 4.98 Å². The van der Waals surface area contributed by atoms with Crippen LogP contribution in [0.4, 0.5) is 11.5 Å². The zero-order valence-corrected chi connectivity index (χ0v) is 8.85. The molecule has 1 fully saturated rings. The van der Waals surface area contributed by atoms with Gasteiger partial charge in [0.05, 0.1) is 17.6 Å². The van der Waals surface area contributed by atoms with E-state index in [9.17, 15) is 9.70 Å². The fourth-order valence-corrected chi connectivity index (χ4v) is 2.35. The Morgan fingerprint density at radius 2 is 2.24 bits per heavy atom. The van der Waals surface area contributed by atoms with Crippen LogP contribution in [0.2, 0.25) is 0 Å².